The van der Waals surface area contributed by atoms with Gasteiger partial charge in [-0.2, -0.15) is 0 Å². The average molecular weight is 306 g/mol. The lowest BCUT2D eigenvalue weighted by molar-refractivity contribution is 0.225. The molecule has 2 N–H and O–H groups in total. The standard InChI is InChI=1S/C17H26N2OS/c1-4-20-15-10-8-14(9-11-15)18-17(21)19-16-7-5-6-12(2)13(16)3/h8-13,16H,4-7H2,1-3H3,(H2,18,19,21)/t12-,13+,16-/m1/s1. The van der Waals surface area contributed by atoms with Gasteiger partial charge in [0.1, 0.15) is 5.75 Å². The van der Waals surface area contributed by atoms with E-state index in [2.05, 4.69) is 24.5 Å². The van der Waals surface area contributed by atoms with Gasteiger partial charge in [-0.3, -0.25) is 0 Å². The van der Waals surface area contributed by atoms with E-state index in [0.717, 1.165) is 17.4 Å². The van der Waals surface area contributed by atoms with Crippen molar-refractivity contribution in [1.29, 1.82) is 0 Å². The van der Waals surface area contributed by atoms with E-state index in [1.54, 1.807) is 0 Å². The molecule has 0 aromatic heterocycles. The molecule has 0 amide bonds. The van der Waals surface area contributed by atoms with Gasteiger partial charge in [-0.05, 0) is 61.7 Å². The molecule has 0 bridgehead atoms. The molecule has 3 nitrogen and oxygen atoms in total. The van der Waals surface area contributed by atoms with Crippen LogP contribution in [0.3, 0.4) is 0 Å². The van der Waals surface area contributed by atoms with Crippen LogP contribution >= 0.6 is 12.2 Å². The van der Waals surface area contributed by atoms with E-state index in [9.17, 15) is 0 Å². The third kappa shape index (κ3) is 4.60. The number of nitrogens with one attached hydrogen (secondary N) is 2. The second-order valence-corrected chi connectivity index (χ2v) is 6.34. The Bertz CT molecular complexity index is 460. The number of hydrogen-bond acceptors (Lipinski definition) is 2. The molecule has 1 aromatic carbocycles. The fraction of sp³-hybridized carbons (Fsp3) is 0.588. The number of anilines is 1. The molecular weight excluding hydrogens is 280 g/mol. The predicted molar refractivity (Wildman–Crippen MR) is 92.9 cm³/mol. The molecule has 1 aliphatic carbocycles. The summed E-state index contributed by atoms with van der Waals surface area (Å²) >= 11 is 5.44. The Labute approximate surface area is 133 Å². The molecule has 0 spiro atoms. The van der Waals surface area contributed by atoms with Gasteiger partial charge >= 0.3 is 0 Å². The van der Waals surface area contributed by atoms with E-state index in [-0.39, 0.29) is 0 Å². The van der Waals surface area contributed by atoms with E-state index in [1.165, 1.54) is 19.3 Å². The summed E-state index contributed by atoms with van der Waals surface area (Å²) in [5.74, 6) is 2.32. The van der Waals surface area contributed by atoms with Crippen molar-refractivity contribution >= 4 is 23.0 Å². The zero-order chi connectivity index (χ0) is 15.2. The lowest BCUT2D eigenvalue weighted by Gasteiger charge is -2.35. The van der Waals surface area contributed by atoms with Crippen LogP contribution in [0.5, 0.6) is 5.75 Å². The molecule has 1 aliphatic rings. The summed E-state index contributed by atoms with van der Waals surface area (Å²) in [5, 5.41) is 7.45. The van der Waals surface area contributed by atoms with Crippen molar-refractivity contribution in [2.45, 2.75) is 46.1 Å². The van der Waals surface area contributed by atoms with Crippen molar-refractivity contribution < 1.29 is 4.74 Å². The average Bonchev–Trinajstić information content (AvgIpc) is 2.46. The third-order valence-corrected chi connectivity index (χ3v) is 4.67. The summed E-state index contributed by atoms with van der Waals surface area (Å²) in [4.78, 5) is 0. The summed E-state index contributed by atoms with van der Waals surface area (Å²) in [6.45, 7) is 7.32. The molecule has 3 atom stereocenters. The Balaban J connectivity index is 1.86. The number of thiocarbonyl (C=S) groups is 1. The third-order valence-electron chi connectivity index (χ3n) is 4.45. The van der Waals surface area contributed by atoms with Gasteiger partial charge in [-0.1, -0.05) is 26.7 Å². The SMILES string of the molecule is CCOc1ccc(NC(=S)N[C@@H]2CCC[C@@H](C)[C@@H]2C)cc1. The quantitative estimate of drug-likeness (QED) is 0.817. The molecule has 0 heterocycles. The monoisotopic (exact) mass is 306 g/mol. The highest BCUT2D eigenvalue weighted by Crippen LogP contribution is 2.29. The van der Waals surface area contributed by atoms with Crippen LogP contribution in [0.1, 0.15) is 40.0 Å². The van der Waals surface area contributed by atoms with Crippen molar-refractivity contribution in [3.05, 3.63) is 24.3 Å². The van der Waals surface area contributed by atoms with Crippen LogP contribution in [-0.2, 0) is 0 Å². The van der Waals surface area contributed by atoms with Gasteiger partial charge in [0.15, 0.2) is 5.11 Å². The first-order valence-electron chi connectivity index (χ1n) is 7.90. The van der Waals surface area contributed by atoms with Crippen LogP contribution in [0.4, 0.5) is 5.69 Å². The summed E-state index contributed by atoms with van der Waals surface area (Å²) in [6, 6.07) is 8.38. The summed E-state index contributed by atoms with van der Waals surface area (Å²) in [6.07, 6.45) is 3.82. The zero-order valence-electron chi connectivity index (χ0n) is 13.2. The van der Waals surface area contributed by atoms with Crippen molar-refractivity contribution in [3.8, 4) is 5.75 Å². The Hall–Kier alpha value is -1.29. The van der Waals surface area contributed by atoms with E-state index in [0.29, 0.717) is 23.7 Å². The first-order chi connectivity index (χ1) is 10.1. The van der Waals surface area contributed by atoms with Crippen molar-refractivity contribution in [3.63, 3.8) is 0 Å². The largest absolute Gasteiger partial charge is 0.494 e. The molecule has 0 unspecified atom stereocenters. The highest BCUT2D eigenvalue weighted by Gasteiger charge is 2.27. The van der Waals surface area contributed by atoms with Gasteiger partial charge in [-0.15, -0.1) is 0 Å². The molecule has 4 heteroatoms. The first-order valence-corrected chi connectivity index (χ1v) is 8.31. The van der Waals surface area contributed by atoms with Crippen LogP contribution in [0.2, 0.25) is 0 Å². The Morgan fingerprint density at radius 3 is 2.62 bits per heavy atom. The van der Waals surface area contributed by atoms with E-state index in [1.807, 2.05) is 31.2 Å². The summed E-state index contributed by atoms with van der Waals surface area (Å²) < 4.78 is 5.44. The van der Waals surface area contributed by atoms with Gasteiger partial charge in [0.2, 0.25) is 0 Å². The minimum Gasteiger partial charge on any atom is -0.494 e. The van der Waals surface area contributed by atoms with Crippen LogP contribution in [0.25, 0.3) is 0 Å². The fourth-order valence-electron chi connectivity index (χ4n) is 2.92. The van der Waals surface area contributed by atoms with Gasteiger partial charge in [0.05, 0.1) is 6.61 Å². The summed E-state index contributed by atoms with van der Waals surface area (Å²) in [5.41, 5.74) is 0.993. The van der Waals surface area contributed by atoms with Crippen molar-refractivity contribution in [2.24, 2.45) is 11.8 Å². The molecule has 0 saturated heterocycles. The highest BCUT2D eigenvalue weighted by molar-refractivity contribution is 7.80. The Morgan fingerprint density at radius 2 is 1.95 bits per heavy atom. The minimum atomic E-state index is 0.483. The second-order valence-electron chi connectivity index (χ2n) is 5.93. The second kappa shape index (κ2) is 7.64. The first kappa shape index (κ1) is 16.1. The molecule has 0 radical (unpaired) electrons. The molecular formula is C17H26N2OS. The maximum atomic E-state index is 5.44. The number of benzene rings is 1. The van der Waals surface area contributed by atoms with Gasteiger partial charge in [-0.25, -0.2) is 0 Å². The normalized spacial score (nSPS) is 25.2. The number of hydrogen-bond donors (Lipinski definition) is 2. The predicted octanol–water partition coefficient (Wildman–Crippen LogP) is 4.20. The van der Waals surface area contributed by atoms with E-state index in [4.69, 9.17) is 17.0 Å². The Morgan fingerprint density at radius 1 is 1.24 bits per heavy atom. The van der Waals surface area contributed by atoms with Crippen LogP contribution in [0.15, 0.2) is 24.3 Å². The molecule has 2 rings (SSSR count). The van der Waals surface area contributed by atoms with Crippen LogP contribution < -0.4 is 15.4 Å². The smallest absolute Gasteiger partial charge is 0.171 e. The van der Waals surface area contributed by atoms with Gasteiger partial charge in [0, 0.05) is 11.7 Å². The molecule has 1 fully saturated rings. The summed E-state index contributed by atoms with van der Waals surface area (Å²) in [7, 11) is 0. The van der Waals surface area contributed by atoms with Gasteiger partial charge in [0.25, 0.3) is 0 Å². The van der Waals surface area contributed by atoms with Crippen molar-refractivity contribution in [2.75, 3.05) is 11.9 Å². The lowest BCUT2D eigenvalue weighted by atomic mass is 9.78. The Kier molecular flexibility index (Phi) is 5.85. The zero-order valence-corrected chi connectivity index (χ0v) is 14.0. The van der Waals surface area contributed by atoms with E-state index >= 15 is 0 Å². The minimum absolute atomic E-state index is 0.483. The molecule has 1 saturated carbocycles. The van der Waals surface area contributed by atoms with Crippen LogP contribution in [0, 0.1) is 11.8 Å². The molecule has 1 aromatic rings. The maximum absolute atomic E-state index is 5.44. The van der Waals surface area contributed by atoms with E-state index < -0.39 is 0 Å². The van der Waals surface area contributed by atoms with Gasteiger partial charge < -0.3 is 15.4 Å². The highest BCUT2D eigenvalue weighted by atomic mass is 32.1. The van der Waals surface area contributed by atoms with Crippen molar-refractivity contribution in [1.82, 2.24) is 5.32 Å². The number of rotatable bonds is 4. The molecule has 116 valence electrons. The fourth-order valence-corrected chi connectivity index (χ4v) is 3.19. The maximum Gasteiger partial charge on any atom is 0.171 e. The lowest BCUT2D eigenvalue weighted by Crippen LogP contribution is -2.45. The molecule has 21 heavy (non-hydrogen) atoms. The molecule has 0 aliphatic heterocycles. The topological polar surface area (TPSA) is 33.3 Å². The number of ether oxygens (including phenoxy) is 1. The van der Waals surface area contributed by atoms with Crippen LogP contribution in [-0.4, -0.2) is 17.8 Å².